The molecule has 0 amide bonds. The van der Waals surface area contributed by atoms with Gasteiger partial charge in [0.15, 0.2) is 9.84 Å². The van der Waals surface area contributed by atoms with Gasteiger partial charge in [-0.1, -0.05) is 6.92 Å². The highest BCUT2D eigenvalue weighted by molar-refractivity contribution is 7.92. The van der Waals surface area contributed by atoms with E-state index in [-0.39, 0.29) is 5.41 Å². The first-order valence-corrected chi connectivity index (χ1v) is 6.80. The quantitative estimate of drug-likeness (QED) is 0.623. The van der Waals surface area contributed by atoms with E-state index in [1.165, 1.54) is 0 Å². The van der Waals surface area contributed by atoms with Crippen molar-refractivity contribution < 1.29 is 8.42 Å². The van der Waals surface area contributed by atoms with Crippen molar-refractivity contribution in [2.75, 3.05) is 31.1 Å². The van der Waals surface area contributed by atoms with Gasteiger partial charge in [-0.3, -0.25) is 0 Å². The van der Waals surface area contributed by atoms with Gasteiger partial charge in [0.25, 0.3) is 0 Å². The third kappa shape index (κ3) is 1.74. The topological polar surface area (TPSA) is 37.4 Å². The Morgan fingerprint density at radius 3 is 2.15 bits per heavy atom. The fourth-order valence-corrected chi connectivity index (χ4v) is 4.88. The molecule has 3 nitrogen and oxygen atoms in total. The van der Waals surface area contributed by atoms with Gasteiger partial charge in [0.2, 0.25) is 0 Å². The molecule has 0 N–H and O–H groups in total. The van der Waals surface area contributed by atoms with E-state index in [1.54, 1.807) is 0 Å². The number of nitrogens with zero attached hydrogens (tertiary/aromatic N) is 1. The van der Waals surface area contributed by atoms with Crippen LogP contribution < -0.4 is 0 Å². The van der Waals surface area contributed by atoms with Crippen LogP contribution in [-0.2, 0) is 9.84 Å². The minimum absolute atomic E-state index is 0.185. The third-order valence-corrected chi connectivity index (χ3v) is 5.52. The molecule has 2 rings (SSSR count). The molecule has 0 atom stereocenters. The third-order valence-electron chi connectivity index (χ3n) is 3.42. The molecule has 2 heterocycles. The summed E-state index contributed by atoms with van der Waals surface area (Å²) in [4.78, 5) is 2.40. The van der Waals surface area contributed by atoms with E-state index in [0.29, 0.717) is 11.5 Å². The number of piperidine rings is 1. The van der Waals surface area contributed by atoms with Crippen LogP contribution in [0.4, 0.5) is 0 Å². The zero-order valence-electron chi connectivity index (χ0n) is 8.12. The van der Waals surface area contributed by atoms with E-state index >= 15 is 0 Å². The minimum Gasteiger partial charge on any atom is -0.304 e. The van der Waals surface area contributed by atoms with E-state index < -0.39 is 9.84 Å². The Hall–Kier alpha value is -0.0900. The first-order valence-electron chi connectivity index (χ1n) is 4.98. The molecule has 0 aliphatic carbocycles. The maximum absolute atomic E-state index is 11.1. The molecule has 4 heteroatoms. The molecular weight excluding hydrogens is 186 g/mol. The predicted octanol–water partition coefficient (Wildman–Crippen LogP) is 0.517. The summed E-state index contributed by atoms with van der Waals surface area (Å²) in [6.07, 6.45) is 2.17. The van der Waals surface area contributed by atoms with Crippen molar-refractivity contribution in [2.24, 2.45) is 5.41 Å². The molecule has 0 radical (unpaired) electrons. The van der Waals surface area contributed by atoms with Gasteiger partial charge in [0, 0.05) is 5.41 Å². The molecule has 76 valence electrons. The smallest absolute Gasteiger partial charge is 0.151 e. The van der Waals surface area contributed by atoms with E-state index in [0.717, 1.165) is 32.5 Å². The average molecular weight is 203 g/mol. The Balaban J connectivity index is 1.93. The second-order valence-corrected chi connectivity index (χ2v) is 6.53. The van der Waals surface area contributed by atoms with Gasteiger partial charge >= 0.3 is 0 Å². The maximum Gasteiger partial charge on any atom is 0.151 e. The van der Waals surface area contributed by atoms with Crippen molar-refractivity contribution in [3.63, 3.8) is 0 Å². The van der Waals surface area contributed by atoms with Crippen LogP contribution in [0, 0.1) is 5.41 Å². The lowest BCUT2D eigenvalue weighted by atomic mass is 9.81. The molecule has 0 unspecified atom stereocenters. The molecule has 2 aliphatic heterocycles. The molecule has 0 aromatic carbocycles. The minimum atomic E-state index is -2.63. The van der Waals surface area contributed by atoms with Gasteiger partial charge < -0.3 is 4.90 Å². The second kappa shape index (κ2) is 2.95. The fourth-order valence-electron chi connectivity index (χ4n) is 2.52. The van der Waals surface area contributed by atoms with Gasteiger partial charge in [-0.05, 0) is 32.5 Å². The van der Waals surface area contributed by atoms with Crippen LogP contribution in [0.25, 0.3) is 0 Å². The molecule has 2 fully saturated rings. The van der Waals surface area contributed by atoms with E-state index in [9.17, 15) is 8.42 Å². The number of likely N-dealkylation sites (tertiary alicyclic amines) is 1. The Kier molecular flexibility index (Phi) is 2.15. The fraction of sp³-hybridized carbons (Fsp3) is 1.00. The molecular formula is C9H17NO2S. The first kappa shape index (κ1) is 9.46. The number of hydrogen-bond donors (Lipinski definition) is 0. The highest BCUT2D eigenvalue weighted by atomic mass is 32.2. The van der Waals surface area contributed by atoms with Gasteiger partial charge in [-0.2, -0.15) is 0 Å². The SMILES string of the molecule is CCN1CCC2(CC1)CS(=O)(=O)C2. The summed E-state index contributed by atoms with van der Waals surface area (Å²) >= 11 is 0. The normalized spacial score (nSPS) is 31.5. The molecule has 13 heavy (non-hydrogen) atoms. The molecule has 2 aliphatic rings. The Morgan fingerprint density at radius 1 is 1.23 bits per heavy atom. The van der Waals surface area contributed by atoms with Crippen LogP contribution in [-0.4, -0.2) is 44.5 Å². The summed E-state index contributed by atoms with van der Waals surface area (Å²) in [5.41, 5.74) is 0.185. The standard InChI is InChI=1S/C9H17NO2S/c1-2-10-5-3-9(4-6-10)7-13(11,12)8-9/h2-8H2,1H3. The highest BCUT2D eigenvalue weighted by Gasteiger charge is 2.49. The van der Waals surface area contributed by atoms with E-state index in [2.05, 4.69) is 11.8 Å². The summed E-state index contributed by atoms with van der Waals surface area (Å²) in [5, 5.41) is 0. The summed E-state index contributed by atoms with van der Waals surface area (Å²) in [6.45, 7) is 5.44. The molecule has 0 saturated carbocycles. The van der Waals surface area contributed by atoms with Crippen LogP contribution >= 0.6 is 0 Å². The summed E-state index contributed by atoms with van der Waals surface area (Å²) < 4.78 is 22.2. The van der Waals surface area contributed by atoms with Crippen LogP contribution in [0.2, 0.25) is 0 Å². The van der Waals surface area contributed by atoms with Crippen molar-refractivity contribution in [1.82, 2.24) is 4.90 Å². The lowest BCUT2D eigenvalue weighted by Crippen LogP contribution is -2.54. The molecule has 0 bridgehead atoms. The van der Waals surface area contributed by atoms with Crippen molar-refractivity contribution in [1.29, 1.82) is 0 Å². The van der Waals surface area contributed by atoms with Crippen molar-refractivity contribution in [3.8, 4) is 0 Å². The molecule has 0 aromatic heterocycles. The first-order chi connectivity index (χ1) is 6.05. The maximum atomic E-state index is 11.1. The summed E-state index contributed by atoms with van der Waals surface area (Å²) in [7, 11) is -2.63. The van der Waals surface area contributed by atoms with E-state index in [1.807, 2.05) is 0 Å². The zero-order valence-corrected chi connectivity index (χ0v) is 8.94. The van der Waals surface area contributed by atoms with Crippen molar-refractivity contribution in [2.45, 2.75) is 19.8 Å². The molecule has 2 saturated heterocycles. The van der Waals surface area contributed by atoms with Gasteiger partial charge in [0.1, 0.15) is 0 Å². The van der Waals surface area contributed by atoms with Crippen molar-refractivity contribution >= 4 is 9.84 Å². The van der Waals surface area contributed by atoms with Gasteiger partial charge in [-0.15, -0.1) is 0 Å². The molecule has 1 spiro atoms. The zero-order chi connectivity index (χ0) is 9.53. The lowest BCUT2D eigenvalue weighted by Gasteiger charge is -2.46. The van der Waals surface area contributed by atoms with Crippen LogP contribution in [0.1, 0.15) is 19.8 Å². The van der Waals surface area contributed by atoms with Gasteiger partial charge in [-0.25, -0.2) is 8.42 Å². The Labute approximate surface area is 80.0 Å². The lowest BCUT2D eigenvalue weighted by molar-refractivity contribution is 0.131. The summed E-state index contributed by atoms with van der Waals surface area (Å²) in [6, 6.07) is 0. The Morgan fingerprint density at radius 2 is 1.77 bits per heavy atom. The number of sulfone groups is 1. The Bertz CT molecular complexity index is 275. The van der Waals surface area contributed by atoms with Crippen LogP contribution in [0.5, 0.6) is 0 Å². The van der Waals surface area contributed by atoms with Crippen LogP contribution in [0.3, 0.4) is 0 Å². The monoisotopic (exact) mass is 203 g/mol. The second-order valence-electron chi connectivity index (χ2n) is 4.47. The van der Waals surface area contributed by atoms with Gasteiger partial charge in [0.05, 0.1) is 11.5 Å². The van der Waals surface area contributed by atoms with Crippen LogP contribution in [0.15, 0.2) is 0 Å². The number of hydrogen-bond acceptors (Lipinski definition) is 3. The average Bonchev–Trinajstić information content (AvgIpc) is 2.02. The van der Waals surface area contributed by atoms with Crippen molar-refractivity contribution in [3.05, 3.63) is 0 Å². The largest absolute Gasteiger partial charge is 0.304 e. The molecule has 0 aromatic rings. The predicted molar refractivity (Wildman–Crippen MR) is 52.4 cm³/mol. The summed E-state index contributed by atoms with van der Waals surface area (Å²) in [5.74, 6) is 0.912. The number of rotatable bonds is 1. The van der Waals surface area contributed by atoms with E-state index in [4.69, 9.17) is 0 Å². The highest BCUT2D eigenvalue weighted by Crippen LogP contribution is 2.41.